The number of carbonyl (C=O) groups excluding carboxylic acids is 2. The van der Waals surface area contributed by atoms with Gasteiger partial charge in [-0.25, -0.2) is 4.68 Å². The quantitative estimate of drug-likeness (QED) is 0.618. The third-order valence-corrected chi connectivity index (χ3v) is 3.22. The SMILES string of the molecule is CC(C)CNC(=O)CCNC(=O)c1cn(C2CNC2)nn1. The maximum absolute atomic E-state index is 11.9. The molecule has 21 heavy (non-hydrogen) atoms. The van der Waals surface area contributed by atoms with Crippen LogP contribution in [0.25, 0.3) is 0 Å². The fraction of sp³-hybridized carbons (Fsp3) is 0.692. The predicted octanol–water partition coefficient (Wildman–Crippen LogP) is -0.685. The van der Waals surface area contributed by atoms with Gasteiger partial charge in [-0.15, -0.1) is 5.10 Å². The summed E-state index contributed by atoms with van der Waals surface area (Å²) in [7, 11) is 0. The summed E-state index contributed by atoms with van der Waals surface area (Å²) >= 11 is 0. The van der Waals surface area contributed by atoms with E-state index in [1.165, 1.54) is 0 Å². The Morgan fingerprint density at radius 1 is 1.43 bits per heavy atom. The molecule has 0 radical (unpaired) electrons. The lowest BCUT2D eigenvalue weighted by Crippen LogP contribution is -2.43. The van der Waals surface area contributed by atoms with Crippen LogP contribution < -0.4 is 16.0 Å². The van der Waals surface area contributed by atoms with Gasteiger partial charge < -0.3 is 16.0 Å². The van der Waals surface area contributed by atoms with E-state index in [0.29, 0.717) is 19.0 Å². The zero-order chi connectivity index (χ0) is 15.2. The average Bonchev–Trinajstić information content (AvgIpc) is 2.83. The van der Waals surface area contributed by atoms with Crippen LogP contribution in [0.4, 0.5) is 0 Å². The molecule has 1 aliphatic heterocycles. The molecule has 8 heteroatoms. The third kappa shape index (κ3) is 4.52. The Morgan fingerprint density at radius 2 is 2.19 bits per heavy atom. The van der Waals surface area contributed by atoms with Gasteiger partial charge in [-0.2, -0.15) is 0 Å². The summed E-state index contributed by atoms with van der Waals surface area (Å²) in [4.78, 5) is 23.4. The van der Waals surface area contributed by atoms with Gasteiger partial charge >= 0.3 is 0 Å². The first-order valence-corrected chi connectivity index (χ1v) is 7.23. The van der Waals surface area contributed by atoms with Crippen LogP contribution in [0.3, 0.4) is 0 Å². The van der Waals surface area contributed by atoms with Crippen LogP contribution >= 0.6 is 0 Å². The first kappa shape index (κ1) is 15.4. The van der Waals surface area contributed by atoms with Crippen LogP contribution in [0.15, 0.2) is 6.20 Å². The van der Waals surface area contributed by atoms with Crippen molar-refractivity contribution >= 4 is 11.8 Å². The minimum absolute atomic E-state index is 0.0619. The first-order chi connectivity index (χ1) is 10.1. The van der Waals surface area contributed by atoms with Crippen molar-refractivity contribution in [3.63, 3.8) is 0 Å². The molecule has 0 aromatic carbocycles. The smallest absolute Gasteiger partial charge is 0.273 e. The lowest BCUT2D eigenvalue weighted by molar-refractivity contribution is -0.121. The highest BCUT2D eigenvalue weighted by molar-refractivity contribution is 5.92. The molecule has 8 nitrogen and oxygen atoms in total. The summed E-state index contributed by atoms with van der Waals surface area (Å²) in [6.45, 7) is 6.70. The fourth-order valence-corrected chi connectivity index (χ4v) is 1.81. The Balaban J connectivity index is 1.69. The lowest BCUT2D eigenvalue weighted by Gasteiger charge is -2.26. The van der Waals surface area contributed by atoms with E-state index in [4.69, 9.17) is 0 Å². The Kier molecular flexibility index (Phi) is 5.26. The predicted molar refractivity (Wildman–Crippen MR) is 76.7 cm³/mol. The number of carbonyl (C=O) groups is 2. The molecule has 2 amide bonds. The van der Waals surface area contributed by atoms with Crippen LogP contribution in [0.1, 0.15) is 36.8 Å². The van der Waals surface area contributed by atoms with Crippen molar-refractivity contribution in [2.24, 2.45) is 5.92 Å². The fourth-order valence-electron chi connectivity index (χ4n) is 1.81. The van der Waals surface area contributed by atoms with Gasteiger partial charge in [0, 0.05) is 32.6 Å². The average molecular weight is 294 g/mol. The summed E-state index contributed by atoms with van der Waals surface area (Å²) < 4.78 is 1.70. The summed E-state index contributed by atoms with van der Waals surface area (Å²) in [5.41, 5.74) is 0.282. The second-order valence-electron chi connectivity index (χ2n) is 5.60. The first-order valence-electron chi connectivity index (χ1n) is 7.23. The van der Waals surface area contributed by atoms with Crippen molar-refractivity contribution < 1.29 is 9.59 Å². The Hall–Kier alpha value is -1.96. The topological polar surface area (TPSA) is 101 Å². The van der Waals surface area contributed by atoms with Gasteiger partial charge in [0.1, 0.15) is 0 Å². The highest BCUT2D eigenvalue weighted by atomic mass is 16.2. The molecule has 116 valence electrons. The van der Waals surface area contributed by atoms with Crippen molar-refractivity contribution in [1.29, 1.82) is 0 Å². The minimum atomic E-state index is -0.301. The molecule has 0 bridgehead atoms. The molecule has 2 rings (SSSR count). The zero-order valence-electron chi connectivity index (χ0n) is 12.4. The number of nitrogens with one attached hydrogen (secondary N) is 3. The van der Waals surface area contributed by atoms with Crippen molar-refractivity contribution in [2.75, 3.05) is 26.2 Å². The molecule has 0 spiro atoms. The van der Waals surface area contributed by atoms with Gasteiger partial charge in [0.15, 0.2) is 5.69 Å². The van der Waals surface area contributed by atoms with E-state index in [9.17, 15) is 9.59 Å². The number of hydrogen-bond acceptors (Lipinski definition) is 5. The van der Waals surface area contributed by atoms with E-state index in [1.54, 1.807) is 10.9 Å². The number of nitrogens with zero attached hydrogens (tertiary/aromatic N) is 3. The normalized spacial score (nSPS) is 14.8. The van der Waals surface area contributed by atoms with E-state index in [1.807, 2.05) is 13.8 Å². The molecule has 1 aromatic rings. The second kappa shape index (κ2) is 7.16. The van der Waals surface area contributed by atoms with Gasteiger partial charge in [0.2, 0.25) is 5.91 Å². The van der Waals surface area contributed by atoms with Crippen molar-refractivity contribution in [1.82, 2.24) is 30.9 Å². The molecule has 0 unspecified atom stereocenters. The molecule has 0 aliphatic carbocycles. The van der Waals surface area contributed by atoms with Gasteiger partial charge in [-0.1, -0.05) is 19.1 Å². The number of hydrogen-bond donors (Lipinski definition) is 3. The number of amides is 2. The summed E-state index contributed by atoms with van der Waals surface area (Å²) in [6.07, 6.45) is 1.90. The number of aromatic nitrogens is 3. The van der Waals surface area contributed by atoms with Gasteiger partial charge in [-0.3, -0.25) is 9.59 Å². The summed E-state index contributed by atoms with van der Waals surface area (Å²) in [5.74, 6) is 0.0537. The minimum Gasteiger partial charge on any atom is -0.356 e. The lowest BCUT2D eigenvalue weighted by atomic mass is 10.2. The highest BCUT2D eigenvalue weighted by Crippen LogP contribution is 2.09. The molecule has 0 atom stereocenters. The molecule has 2 heterocycles. The zero-order valence-corrected chi connectivity index (χ0v) is 12.4. The van der Waals surface area contributed by atoms with E-state index < -0.39 is 0 Å². The highest BCUT2D eigenvalue weighted by Gasteiger charge is 2.21. The van der Waals surface area contributed by atoms with E-state index in [-0.39, 0.29) is 30.0 Å². The van der Waals surface area contributed by atoms with E-state index in [0.717, 1.165) is 13.1 Å². The maximum Gasteiger partial charge on any atom is 0.273 e. The summed E-state index contributed by atoms with van der Waals surface area (Å²) in [5, 5.41) is 16.4. The van der Waals surface area contributed by atoms with Crippen LogP contribution in [-0.2, 0) is 4.79 Å². The van der Waals surface area contributed by atoms with Crippen LogP contribution in [0, 0.1) is 5.92 Å². The van der Waals surface area contributed by atoms with Crippen molar-refractivity contribution in [2.45, 2.75) is 26.3 Å². The van der Waals surface area contributed by atoms with Crippen LogP contribution in [0.5, 0.6) is 0 Å². The van der Waals surface area contributed by atoms with E-state index in [2.05, 4.69) is 26.3 Å². The van der Waals surface area contributed by atoms with E-state index >= 15 is 0 Å². The Morgan fingerprint density at radius 3 is 2.81 bits per heavy atom. The van der Waals surface area contributed by atoms with Crippen molar-refractivity contribution in [3.05, 3.63) is 11.9 Å². The second-order valence-corrected chi connectivity index (χ2v) is 5.60. The van der Waals surface area contributed by atoms with Gasteiger partial charge in [0.05, 0.1) is 12.2 Å². The molecule has 1 aliphatic rings. The monoisotopic (exact) mass is 294 g/mol. The summed E-state index contributed by atoms with van der Waals surface area (Å²) in [6, 6.07) is 0.279. The molecule has 1 aromatic heterocycles. The molecule has 3 N–H and O–H groups in total. The number of rotatable bonds is 7. The van der Waals surface area contributed by atoms with Gasteiger partial charge in [0.25, 0.3) is 5.91 Å². The maximum atomic E-state index is 11.9. The third-order valence-electron chi connectivity index (χ3n) is 3.22. The molecule has 1 saturated heterocycles. The standard InChI is InChI=1S/C13H22N6O2/c1-9(2)5-16-12(20)3-4-15-13(21)11-8-19(18-17-11)10-6-14-7-10/h8-10,14H,3-7H2,1-2H3,(H,15,21)(H,16,20). The van der Waals surface area contributed by atoms with Crippen LogP contribution in [-0.4, -0.2) is 53.0 Å². The Bertz CT molecular complexity index is 495. The largest absolute Gasteiger partial charge is 0.356 e. The molecule has 0 saturated carbocycles. The molecule has 1 fully saturated rings. The van der Waals surface area contributed by atoms with Crippen molar-refractivity contribution in [3.8, 4) is 0 Å². The molecular weight excluding hydrogens is 272 g/mol. The molecular formula is C13H22N6O2. The Labute approximate surface area is 123 Å². The van der Waals surface area contributed by atoms with Gasteiger partial charge in [-0.05, 0) is 5.92 Å². The van der Waals surface area contributed by atoms with Crippen LogP contribution in [0.2, 0.25) is 0 Å².